The number of amides is 1. The van der Waals surface area contributed by atoms with Gasteiger partial charge in [0.15, 0.2) is 0 Å². The summed E-state index contributed by atoms with van der Waals surface area (Å²) in [5.41, 5.74) is 5.53. The number of hydrogen-bond acceptors (Lipinski definition) is 3. The van der Waals surface area contributed by atoms with Gasteiger partial charge in [0.2, 0.25) is 5.91 Å². The molecule has 1 heterocycles. The fourth-order valence-corrected chi connectivity index (χ4v) is 2.05. The van der Waals surface area contributed by atoms with Crippen LogP contribution in [0, 0.1) is 5.92 Å². The first kappa shape index (κ1) is 13.5. The zero-order valence-electron chi connectivity index (χ0n) is 10.6. The van der Waals surface area contributed by atoms with Crippen molar-refractivity contribution in [2.45, 2.75) is 26.7 Å². The predicted octanol–water partition coefficient (Wildman–Crippen LogP) is 0.526. The van der Waals surface area contributed by atoms with Crippen LogP contribution < -0.4 is 5.73 Å². The maximum absolute atomic E-state index is 11.9. The number of hydrogen-bond donors (Lipinski definition) is 1. The van der Waals surface area contributed by atoms with Gasteiger partial charge in [-0.15, -0.1) is 0 Å². The molecule has 0 bridgehead atoms. The number of piperazine rings is 1. The highest BCUT2D eigenvalue weighted by Gasteiger charge is 2.21. The number of nitrogens with zero attached hydrogens (tertiary/aromatic N) is 2. The van der Waals surface area contributed by atoms with E-state index in [1.807, 2.05) is 11.8 Å². The van der Waals surface area contributed by atoms with E-state index in [0.29, 0.717) is 18.9 Å². The molecular formula is C12H25N3O. The lowest BCUT2D eigenvalue weighted by atomic mass is 10.1. The molecule has 1 saturated heterocycles. The summed E-state index contributed by atoms with van der Waals surface area (Å²) in [7, 11) is 0. The van der Waals surface area contributed by atoms with Gasteiger partial charge in [-0.05, 0) is 25.4 Å². The van der Waals surface area contributed by atoms with Gasteiger partial charge in [0, 0.05) is 32.6 Å². The highest BCUT2D eigenvalue weighted by atomic mass is 16.2. The Kier molecular flexibility index (Phi) is 5.77. The van der Waals surface area contributed by atoms with E-state index in [0.717, 1.165) is 32.7 Å². The lowest BCUT2D eigenvalue weighted by Crippen LogP contribution is -2.49. The summed E-state index contributed by atoms with van der Waals surface area (Å²) >= 11 is 0. The van der Waals surface area contributed by atoms with Crippen molar-refractivity contribution < 1.29 is 4.79 Å². The average Bonchev–Trinajstić information content (AvgIpc) is 2.30. The van der Waals surface area contributed by atoms with E-state index >= 15 is 0 Å². The van der Waals surface area contributed by atoms with Gasteiger partial charge in [0.05, 0.1) is 0 Å². The molecule has 0 radical (unpaired) electrons. The second-order valence-electron chi connectivity index (χ2n) is 4.77. The predicted molar refractivity (Wildman–Crippen MR) is 66.1 cm³/mol. The molecule has 16 heavy (non-hydrogen) atoms. The molecule has 1 unspecified atom stereocenters. The van der Waals surface area contributed by atoms with E-state index < -0.39 is 0 Å². The van der Waals surface area contributed by atoms with Crippen LogP contribution in [0.2, 0.25) is 0 Å². The first-order valence-electron chi connectivity index (χ1n) is 6.37. The van der Waals surface area contributed by atoms with Gasteiger partial charge in [-0.2, -0.15) is 0 Å². The first-order valence-corrected chi connectivity index (χ1v) is 6.37. The molecule has 94 valence electrons. The average molecular weight is 227 g/mol. The summed E-state index contributed by atoms with van der Waals surface area (Å²) in [6.45, 7) is 9.80. The minimum Gasteiger partial charge on any atom is -0.340 e. The topological polar surface area (TPSA) is 49.6 Å². The van der Waals surface area contributed by atoms with Crippen LogP contribution in [0.5, 0.6) is 0 Å². The number of carbonyl (C=O) groups excluding carboxylic acids is 1. The Morgan fingerprint density at radius 2 is 1.94 bits per heavy atom. The quantitative estimate of drug-likeness (QED) is 0.745. The van der Waals surface area contributed by atoms with E-state index in [4.69, 9.17) is 5.73 Å². The molecule has 0 aliphatic carbocycles. The monoisotopic (exact) mass is 227 g/mol. The van der Waals surface area contributed by atoms with Crippen LogP contribution in [0.25, 0.3) is 0 Å². The molecule has 1 atom stereocenters. The molecule has 4 heteroatoms. The van der Waals surface area contributed by atoms with Crippen molar-refractivity contribution in [1.29, 1.82) is 0 Å². The van der Waals surface area contributed by atoms with E-state index in [1.165, 1.54) is 6.42 Å². The summed E-state index contributed by atoms with van der Waals surface area (Å²) in [5.74, 6) is 0.579. The third-order valence-electron chi connectivity index (χ3n) is 3.19. The molecule has 1 rings (SSSR count). The highest BCUT2D eigenvalue weighted by molar-refractivity contribution is 5.76. The van der Waals surface area contributed by atoms with E-state index in [1.54, 1.807) is 0 Å². The van der Waals surface area contributed by atoms with Gasteiger partial charge >= 0.3 is 0 Å². The van der Waals surface area contributed by atoms with Gasteiger partial charge in [-0.1, -0.05) is 13.8 Å². The van der Waals surface area contributed by atoms with Crippen molar-refractivity contribution in [3.8, 4) is 0 Å². The minimum atomic E-state index is 0.272. The maximum Gasteiger partial charge on any atom is 0.222 e. The molecule has 1 aliphatic rings. The lowest BCUT2D eigenvalue weighted by Gasteiger charge is -2.35. The molecule has 1 aliphatic heterocycles. The van der Waals surface area contributed by atoms with Crippen molar-refractivity contribution in [2.75, 3.05) is 39.3 Å². The van der Waals surface area contributed by atoms with Crippen molar-refractivity contribution in [1.82, 2.24) is 9.80 Å². The number of nitrogens with two attached hydrogens (primary N) is 1. The van der Waals surface area contributed by atoms with Crippen LogP contribution in [-0.2, 0) is 4.79 Å². The van der Waals surface area contributed by atoms with Crippen molar-refractivity contribution in [2.24, 2.45) is 11.7 Å². The minimum absolute atomic E-state index is 0.272. The van der Waals surface area contributed by atoms with Crippen LogP contribution in [0.4, 0.5) is 0 Å². The SMILES string of the molecule is CCCN1CCN(C(=O)CC(C)CN)CC1. The van der Waals surface area contributed by atoms with Crippen molar-refractivity contribution in [3.05, 3.63) is 0 Å². The maximum atomic E-state index is 11.9. The number of rotatable bonds is 5. The zero-order chi connectivity index (χ0) is 12.0. The summed E-state index contributed by atoms with van der Waals surface area (Å²) in [6.07, 6.45) is 1.79. The van der Waals surface area contributed by atoms with Crippen LogP contribution in [0.1, 0.15) is 26.7 Å². The second kappa shape index (κ2) is 6.86. The largest absolute Gasteiger partial charge is 0.340 e. The Morgan fingerprint density at radius 1 is 1.31 bits per heavy atom. The molecule has 2 N–H and O–H groups in total. The number of carbonyl (C=O) groups is 1. The van der Waals surface area contributed by atoms with Gasteiger partial charge in [0.1, 0.15) is 0 Å². The van der Waals surface area contributed by atoms with Gasteiger partial charge in [-0.25, -0.2) is 0 Å². The van der Waals surface area contributed by atoms with Gasteiger partial charge in [-0.3, -0.25) is 9.69 Å². The first-order chi connectivity index (χ1) is 7.67. The second-order valence-corrected chi connectivity index (χ2v) is 4.77. The summed E-state index contributed by atoms with van der Waals surface area (Å²) in [4.78, 5) is 16.3. The normalized spacial score (nSPS) is 19.8. The van der Waals surface area contributed by atoms with Gasteiger partial charge < -0.3 is 10.6 Å². The van der Waals surface area contributed by atoms with Crippen LogP contribution >= 0.6 is 0 Å². The molecule has 0 aromatic heterocycles. The summed E-state index contributed by atoms with van der Waals surface area (Å²) < 4.78 is 0. The molecular weight excluding hydrogens is 202 g/mol. The third-order valence-corrected chi connectivity index (χ3v) is 3.19. The Balaban J connectivity index is 2.27. The Labute approximate surface area is 98.8 Å². The standard InChI is InChI=1S/C12H25N3O/c1-3-4-14-5-7-15(8-6-14)12(16)9-11(2)10-13/h11H,3-10,13H2,1-2H3. The van der Waals surface area contributed by atoms with Crippen LogP contribution in [0.15, 0.2) is 0 Å². The van der Waals surface area contributed by atoms with Gasteiger partial charge in [0.25, 0.3) is 0 Å². The molecule has 1 fully saturated rings. The van der Waals surface area contributed by atoms with Crippen molar-refractivity contribution in [3.63, 3.8) is 0 Å². The van der Waals surface area contributed by atoms with E-state index in [9.17, 15) is 4.79 Å². The third kappa shape index (κ3) is 4.10. The molecule has 0 aromatic carbocycles. The van der Waals surface area contributed by atoms with Crippen molar-refractivity contribution >= 4 is 5.91 Å². The molecule has 0 saturated carbocycles. The smallest absolute Gasteiger partial charge is 0.222 e. The fraction of sp³-hybridized carbons (Fsp3) is 0.917. The molecule has 0 aromatic rings. The van der Waals surface area contributed by atoms with E-state index in [2.05, 4.69) is 11.8 Å². The van der Waals surface area contributed by atoms with Crippen LogP contribution in [0.3, 0.4) is 0 Å². The highest BCUT2D eigenvalue weighted by Crippen LogP contribution is 2.08. The zero-order valence-corrected chi connectivity index (χ0v) is 10.6. The molecule has 1 amide bonds. The Morgan fingerprint density at radius 3 is 2.44 bits per heavy atom. The molecule has 0 spiro atoms. The molecule has 4 nitrogen and oxygen atoms in total. The Hall–Kier alpha value is -0.610. The van der Waals surface area contributed by atoms with E-state index in [-0.39, 0.29) is 5.91 Å². The fourth-order valence-electron chi connectivity index (χ4n) is 2.05. The summed E-state index contributed by atoms with van der Waals surface area (Å²) in [5, 5.41) is 0. The lowest BCUT2D eigenvalue weighted by molar-refractivity contribution is -0.133. The van der Waals surface area contributed by atoms with Crippen LogP contribution in [-0.4, -0.2) is 55.0 Å². The summed E-state index contributed by atoms with van der Waals surface area (Å²) in [6, 6.07) is 0. The Bertz CT molecular complexity index is 212.